The van der Waals surface area contributed by atoms with Crippen LogP contribution < -0.4 is 0 Å². The minimum Gasteiger partial charge on any atom is -0.477 e. The number of carboxylic acid groups (broad SMARTS) is 1. The maximum absolute atomic E-state index is 13.2. The molecule has 0 saturated carbocycles. The van der Waals surface area contributed by atoms with Crippen LogP contribution in [0, 0.1) is 12.7 Å². The van der Waals surface area contributed by atoms with E-state index in [9.17, 15) is 22.7 Å². The van der Waals surface area contributed by atoms with Crippen LogP contribution >= 0.6 is 11.3 Å². The minimum absolute atomic E-state index is 0.191. The largest absolute Gasteiger partial charge is 0.477 e. The first-order valence-corrected chi connectivity index (χ1v) is 10.3. The molecule has 0 amide bonds. The van der Waals surface area contributed by atoms with E-state index < -0.39 is 15.8 Å². The summed E-state index contributed by atoms with van der Waals surface area (Å²) in [4.78, 5) is 12.7. The first kappa shape index (κ1) is 18.3. The predicted molar refractivity (Wildman–Crippen MR) is 100.0 cm³/mol. The molecule has 0 spiro atoms. The number of halogens is 1. The summed E-state index contributed by atoms with van der Waals surface area (Å²) in [5.74, 6) is -1.41. The zero-order valence-corrected chi connectivity index (χ0v) is 15.6. The van der Waals surface area contributed by atoms with Crippen LogP contribution in [0.25, 0.3) is 21.6 Å². The summed E-state index contributed by atoms with van der Waals surface area (Å²) in [6.07, 6.45) is 1.13. The number of hydrogen-bond acceptors (Lipinski definition) is 4. The third-order valence-corrected chi connectivity index (χ3v) is 6.48. The molecule has 0 unspecified atom stereocenters. The fraction of sp³-hybridized carbons (Fsp3) is 0.105. The summed E-state index contributed by atoms with van der Waals surface area (Å²) in [5, 5.41) is 9.46. The molecule has 0 aliphatic carbocycles. The van der Waals surface area contributed by atoms with Gasteiger partial charge in [0.25, 0.3) is 0 Å². The summed E-state index contributed by atoms with van der Waals surface area (Å²) < 4.78 is 36.5. The Morgan fingerprint density at radius 1 is 1.00 bits per heavy atom. The van der Waals surface area contributed by atoms with E-state index >= 15 is 0 Å². The molecule has 0 bridgehead atoms. The van der Waals surface area contributed by atoms with Gasteiger partial charge in [0, 0.05) is 16.7 Å². The van der Waals surface area contributed by atoms with Gasteiger partial charge in [-0.3, -0.25) is 0 Å². The Kier molecular flexibility index (Phi) is 4.68. The molecule has 1 aromatic heterocycles. The summed E-state index contributed by atoms with van der Waals surface area (Å²) in [7, 11) is -3.32. The topological polar surface area (TPSA) is 71.4 Å². The summed E-state index contributed by atoms with van der Waals surface area (Å²) in [6, 6.07) is 12.1. The Morgan fingerprint density at radius 3 is 2.04 bits per heavy atom. The van der Waals surface area contributed by atoms with Crippen molar-refractivity contribution in [1.82, 2.24) is 0 Å². The number of thiophene rings is 1. The van der Waals surface area contributed by atoms with Crippen molar-refractivity contribution in [2.24, 2.45) is 0 Å². The lowest BCUT2D eigenvalue weighted by atomic mass is 9.98. The molecule has 3 aromatic rings. The summed E-state index contributed by atoms with van der Waals surface area (Å²) in [6.45, 7) is 1.72. The van der Waals surface area contributed by atoms with Crippen molar-refractivity contribution in [2.75, 3.05) is 6.26 Å². The standard InChI is InChI=1S/C19H15FO4S2/c1-11-16(12-5-9-15(10-6-12)26(2,23)24)18(25-17(11)19(21)22)13-3-7-14(20)8-4-13/h3-10H,1-2H3,(H,21,22). The molecule has 4 nitrogen and oxygen atoms in total. The molecule has 26 heavy (non-hydrogen) atoms. The third kappa shape index (κ3) is 3.40. The van der Waals surface area contributed by atoms with Crippen molar-refractivity contribution >= 4 is 27.1 Å². The number of hydrogen-bond donors (Lipinski definition) is 1. The molecule has 3 rings (SSSR count). The molecular formula is C19H15FO4S2. The lowest BCUT2D eigenvalue weighted by molar-refractivity contribution is 0.0701. The normalized spacial score (nSPS) is 11.5. The second-order valence-electron chi connectivity index (χ2n) is 5.87. The highest BCUT2D eigenvalue weighted by Gasteiger charge is 2.22. The van der Waals surface area contributed by atoms with E-state index in [-0.39, 0.29) is 15.6 Å². The maximum Gasteiger partial charge on any atom is 0.346 e. The second-order valence-corrected chi connectivity index (χ2v) is 8.91. The van der Waals surface area contributed by atoms with E-state index in [1.54, 1.807) is 31.2 Å². The number of benzene rings is 2. The first-order valence-electron chi connectivity index (χ1n) is 7.61. The van der Waals surface area contributed by atoms with Gasteiger partial charge < -0.3 is 5.11 Å². The van der Waals surface area contributed by atoms with Gasteiger partial charge in [-0.1, -0.05) is 24.3 Å². The van der Waals surface area contributed by atoms with Crippen LogP contribution in [0.4, 0.5) is 4.39 Å². The highest BCUT2D eigenvalue weighted by molar-refractivity contribution is 7.90. The molecule has 0 saturated heterocycles. The van der Waals surface area contributed by atoms with Crippen LogP contribution in [-0.4, -0.2) is 25.7 Å². The molecular weight excluding hydrogens is 375 g/mol. The van der Waals surface area contributed by atoms with Crippen LogP contribution in [0.5, 0.6) is 0 Å². The van der Waals surface area contributed by atoms with Gasteiger partial charge in [0.15, 0.2) is 9.84 Å². The smallest absolute Gasteiger partial charge is 0.346 e. The van der Waals surface area contributed by atoms with E-state index in [4.69, 9.17) is 0 Å². The molecule has 0 aliphatic heterocycles. The Hall–Kier alpha value is -2.51. The van der Waals surface area contributed by atoms with Gasteiger partial charge >= 0.3 is 5.97 Å². The molecule has 1 heterocycles. The van der Waals surface area contributed by atoms with Crippen LogP contribution in [-0.2, 0) is 9.84 Å². The van der Waals surface area contributed by atoms with Crippen LogP contribution in [0.2, 0.25) is 0 Å². The highest BCUT2D eigenvalue weighted by Crippen LogP contribution is 2.43. The second kappa shape index (κ2) is 6.66. The highest BCUT2D eigenvalue weighted by atomic mass is 32.2. The Morgan fingerprint density at radius 2 is 1.54 bits per heavy atom. The van der Waals surface area contributed by atoms with Gasteiger partial charge in [0.2, 0.25) is 0 Å². The minimum atomic E-state index is -3.32. The van der Waals surface area contributed by atoms with Gasteiger partial charge in [-0.2, -0.15) is 0 Å². The third-order valence-electron chi connectivity index (χ3n) is 4.02. The van der Waals surface area contributed by atoms with Crippen molar-refractivity contribution in [3.8, 4) is 21.6 Å². The molecule has 0 fully saturated rings. The average molecular weight is 390 g/mol. The maximum atomic E-state index is 13.2. The van der Waals surface area contributed by atoms with Crippen molar-refractivity contribution in [2.45, 2.75) is 11.8 Å². The summed E-state index contributed by atoms with van der Waals surface area (Å²) in [5.41, 5.74) is 2.71. The van der Waals surface area contributed by atoms with Crippen molar-refractivity contribution < 1.29 is 22.7 Å². The lowest BCUT2D eigenvalue weighted by Crippen LogP contribution is -1.97. The number of rotatable bonds is 4. The van der Waals surface area contributed by atoms with Crippen molar-refractivity contribution in [3.63, 3.8) is 0 Å². The molecule has 0 aliphatic rings. The molecule has 7 heteroatoms. The van der Waals surface area contributed by atoms with Gasteiger partial charge in [-0.05, 0) is 47.9 Å². The Balaban J connectivity index is 2.22. The Labute approximate surface area is 154 Å². The van der Waals surface area contributed by atoms with E-state index in [1.165, 1.54) is 24.3 Å². The molecule has 1 N–H and O–H groups in total. The summed E-state index contributed by atoms with van der Waals surface area (Å²) >= 11 is 1.12. The average Bonchev–Trinajstić information content (AvgIpc) is 2.92. The van der Waals surface area contributed by atoms with Crippen LogP contribution in [0.3, 0.4) is 0 Å². The van der Waals surface area contributed by atoms with Gasteiger partial charge in [0.05, 0.1) is 4.90 Å². The molecule has 134 valence electrons. The van der Waals surface area contributed by atoms with E-state index in [2.05, 4.69) is 0 Å². The predicted octanol–water partition coefficient (Wildman–Crippen LogP) is 4.63. The number of aromatic carboxylic acids is 1. The lowest BCUT2D eigenvalue weighted by Gasteiger charge is -2.08. The van der Waals surface area contributed by atoms with Gasteiger partial charge in [0.1, 0.15) is 10.7 Å². The number of carbonyl (C=O) groups is 1. The van der Waals surface area contributed by atoms with Gasteiger partial charge in [-0.15, -0.1) is 11.3 Å². The number of carboxylic acids is 1. The van der Waals surface area contributed by atoms with Crippen molar-refractivity contribution in [1.29, 1.82) is 0 Å². The molecule has 0 atom stereocenters. The van der Waals surface area contributed by atoms with E-state index in [0.29, 0.717) is 27.1 Å². The SMILES string of the molecule is Cc1c(C(=O)O)sc(-c2ccc(F)cc2)c1-c1ccc(S(C)(=O)=O)cc1. The van der Waals surface area contributed by atoms with Crippen LogP contribution in [0.1, 0.15) is 15.2 Å². The quantitative estimate of drug-likeness (QED) is 0.705. The monoisotopic (exact) mass is 390 g/mol. The molecule has 2 aromatic carbocycles. The van der Waals surface area contributed by atoms with E-state index in [1.807, 2.05) is 0 Å². The molecule has 0 radical (unpaired) electrons. The fourth-order valence-corrected chi connectivity index (χ4v) is 4.54. The van der Waals surface area contributed by atoms with Crippen molar-refractivity contribution in [3.05, 3.63) is 64.8 Å². The van der Waals surface area contributed by atoms with Gasteiger partial charge in [-0.25, -0.2) is 17.6 Å². The fourth-order valence-electron chi connectivity index (χ4n) is 2.74. The zero-order chi connectivity index (χ0) is 19.1. The zero-order valence-electron chi connectivity index (χ0n) is 14.0. The first-order chi connectivity index (χ1) is 12.2. The van der Waals surface area contributed by atoms with Crippen LogP contribution in [0.15, 0.2) is 53.4 Å². The Bertz CT molecular complexity index is 1080. The van der Waals surface area contributed by atoms with E-state index in [0.717, 1.165) is 17.6 Å². The number of sulfone groups is 1.